The summed E-state index contributed by atoms with van der Waals surface area (Å²) in [5.41, 5.74) is 1.20. The van der Waals surface area contributed by atoms with Crippen molar-refractivity contribution in [3.05, 3.63) is 30.1 Å². The summed E-state index contributed by atoms with van der Waals surface area (Å²) in [6.45, 7) is 2.81. The van der Waals surface area contributed by atoms with E-state index in [4.69, 9.17) is 5.26 Å². The summed E-state index contributed by atoms with van der Waals surface area (Å²) >= 11 is 0. The molecule has 1 rings (SSSR count). The van der Waals surface area contributed by atoms with Gasteiger partial charge >= 0.3 is 0 Å². The van der Waals surface area contributed by atoms with Crippen LogP contribution in [0.2, 0.25) is 0 Å². The van der Waals surface area contributed by atoms with E-state index in [1.54, 1.807) is 12.4 Å². The molecule has 68 valence electrons. The maximum atomic E-state index is 8.35. The molecule has 0 saturated carbocycles. The van der Waals surface area contributed by atoms with Crippen LogP contribution in [0.3, 0.4) is 0 Å². The van der Waals surface area contributed by atoms with Crippen LogP contribution in [0.15, 0.2) is 24.5 Å². The molecule has 0 spiro atoms. The molecule has 1 heterocycles. The molecular weight excluding hydrogens is 162 g/mol. The molecule has 3 nitrogen and oxygen atoms in total. The zero-order valence-corrected chi connectivity index (χ0v) is 7.70. The molecule has 0 amide bonds. The van der Waals surface area contributed by atoms with E-state index in [1.807, 2.05) is 12.1 Å². The van der Waals surface area contributed by atoms with Gasteiger partial charge in [0.05, 0.1) is 6.07 Å². The molecule has 0 aliphatic rings. The van der Waals surface area contributed by atoms with Gasteiger partial charge in [0.1, 0.15) is 0 Å². The van der Waals surface area contributed by atoms with E-state index >= 15 is 0 Å². The van der Waals surface area contributed by atoms with E-state index in [2.05, 4.69) is 23.3 Å². The minimum atomic E-state index is 0.288. The van der Waals surface area contributed by atoms with E-state index in [-0.39, 0.29) is 6.04 Å². The Labute approximate surface area is 78.4 Å². The van der Waals surface area contributed by atoms with Crippen LogP contribution >= 0.6 is 0 Å². The van der Waals surface area contributed by atoms with Gasteiger partial charge in [0.25, 0.3) is 0 Å². The van der Waals surface area contributed by atoms with Gasteiger partial charge in [-0.2, -0.15) is 5.26 Å². The first-order valence-electron chi connectivity index (χ1n) is 4.35. The first kappa shape index (κ1) is 9.69. The lowest BCUT2D eigenvalue weighted by molar-refractivity contribution is 0.582. The van der Waals surface area contributed by atoms with E-state index in [1.165, 1.54) is 5.56 Å². The minimum Gasteiger partial charge on any atom is -0.309 e. The van der Waals surface area contributed by atoms with Gasteiger partial charge in [-0.05, 0) is 24.6 Å². The van der Waals surface area contributed by atoms with Crippen molar-refractivity contribution in [2.24, 2.45) is 0 Å². The highest BCUT2D eigenvalue weighted by Crippen LogP contribution is 2.09. The zero-order valence-electron chi connectivity index (χ0n) is 7.70. The van der Waals surface area contributed by atoms with Gasteiger partial charge in [-0.1, -0.05) is 0 Å². The van der Waals surface area contributed by atoms with Gasteiger partial charge < -0.3 is 5.32 Å². The summed E-state index contributed by atoms with van der Waals surface area (Å²) in [6.07, 6.45) is 4.10. The fourth-order valence-electron chi connectivity index (χ4n) is 1.11. The fraction of sp³-hybridized carbons (Fsp3) is 0.400. The number of nitriles is 1. The summed E-state index contributed by atoms with van der Waals surface area (Å²) in [6, 6.07) is 6.34. The van der Waals surface area contributed by atoms with Crippen molar-refractivity contribution < 1.29 is 0 Å². The summed E-state index contributed by atoms with van der Waals surface area (Å²) < 4.78 is 0. The predicted octanol–water partition coefficient (Wildman–Crippen LogP) is 1.65. The molecule has 0 unspecified atom stereocenters. The second-order valence-corrected chi connectivity index (χ2v) is 2.86. The average molecular weight is 175 g/mol. The van der Waals surface area contributed by atoms with Gasteiger partial charge in [-0.3, -0.25) is 4.98 Å². The van der Waals surface area contributed by atoms with E-state index in [0.717, 1.165) is 6.54 Å². The molecule has 1 N–H and O–H groups in total. The Morgan fingerprint density at radius 1 is 1.54 bits per heavy atom. The van der Waals surface area contributed by atoms with Gasteiger partial charge in [0.2, 0.25) is 0 Å². The Balaban J connectivity index is 2.41. The number of hydrogen-bond donors (Lipinski definition) is 1. The standard InChI is InChI=1S/C10H13N3/c1-9(13-6-2-5-11)10-3-7-12-8-4-10/h3-4,7-9,13H,2,6H2,1H3/t9-/m1/s1. The predicted molar refractivity (Wildman–Crippen MR) is 50.9 cm³/mol. The summed E-state index contributed by atoms with van der Waals surface area (Å²) in [5.74, 6) is 0. The van der Waals surface area contributed by atoms with Gasteiger partial charge in [0.15, 0.2) is 0 Å². The molecular formula is C10H13N3. The molecule has 3 heteroatoms. The van der Waals surface area contributed by atoms with Crippen LogP contribution in [0.5, 0.6) is 0 Å². The van der Waals surface area contributed by atoms with Crippen molar-refractivity contribution in [2.75, 3.05) is 6.54 Å². The van der Waals surface area contributed by atoms with Crippen LogP contribution in [0, 0.1) is 11.3 Å². The fourth-order valence-corrected chi connectivity index (χ4v) is 1.11. The summed E-state index contributed by atoms with van der Waals surface area (Å²) in [4.78, 5) is 3.94. The number of nitrogens with one attached hydrogen (secondary N) is 1. The molecule has 0 aliphatic carbocycles. The monoisotopic (exact) mass is 175 g/mol. The van der Waals surface area contributed by atoms with Crippen LogP contribution in [-0.4, -0.2) is 11.5 Å². The lowest BCUT2D eigenvalue weighted by atomic mass is 10.1. The largest absolute Gasteiger partial charge is 0.309 e. The highest BCUT2D eigenvalue weighted by Gasteiger charge is 2.01. The van der Waals surface area contributed by atoms with E-state index in [9.17, 15) is 0 Å². The third-order valence-corrected chi connectivity index (χ3v) is 1.89. The van der Waals surface area contributed by atoms with Crippen LogP contribution in [0.1, 0.15) is 24.9 Å². The summed E-state index contributed by atoms with van der Waals surface area (Å²) in [7, 11) is 0. The van der Waals surface area contributed by atoms with Gasteiger partial charge in [0, 0.05) is 31.4 Å². The first-order valence-corrected chi connectivity index (χ1v) is 4.35. The van der Waals surface area contributed by atoms with Crippen molar-refractivity contribution in [3.8, 4) is 6.07 Å². The van der Waals surface area contributed by atoms with Crippen molar-refractivity contribution >= 4 is 0 Å². The third-order valence-electron chi connectivity index (χ3n) is 1.89. The Kier molecular flexibility index (Phi) is 3.94. The molecule has 0 aromatic carbocycles. The lowest BCUT2D eigenvalue weighted by Crippen LogP contribution is -2.19. The second kappa shape index (κ2) is 5.28. The molecule has 0 radical (unpaired) electrons. The number of rotatable bonds is 4. The minimum absolute atomic E-state index is 0.288. The second-order valence-electron chi connectivity index (χ2n) is 2.86. The number of aromatic nitrogens is 1. The van der Waals surface area contributed by atoms with Crippen molar-refractivity contribution in [1.29, 1.82) is 5.26 Å². The number of hydrogen-bond acceptors (Lipinski definition) is 3. The van der Waals surface area contributed by atoms with Gasteiger partial charge in [-0.15, -0.1) is 0 Å². The quantitative estimate of drug-likeness (QED) is 0.708. The lowest BCUT2D eigenvalue weighted by Gasteiger charge is -2.12. The molecule has 0 saturated heterocycles. The third kappa shape index (κ3) is 3.22. The Morgan fingerprint density at radius 2 is 2.23 bits per heavy atom. The summed E-state index contributed by atoms with van der Waals surface area (Å²) in [5, 5.41) is 11.6. The van der Waals surface area contributed by atoms with Gasteiger partial charge in [-0.25, -0.2) is 0 Å². The highest BCUT2D eigenvalue weighted by atomic mass is 14.9. The van der Waals surface area contributed by atoms with E-state index in [0.29, 0.717) is 6.42 Å². The Bertz CT molecular complexity index is 276. The molecule has 0 bridgehead atoms. The van der Waals surface area contributed by atoms with Crippen LogP contribution in [-0.2, 0) is 0 Å². The normalized spacial score (nSPS) is 12.0. The van der Waals surface area contributed by atoms with Crippen LogP contribution < -0.4 is 5.32 Å². The average Bonchev–Trinajstić information content (AvgIpc) is 2.19. The first-order chi connectivity index (χ1) is 6.34. The number of pyridine rings is 1. The zero-order chi connectivity index (χ0) is 9.52. The van der Waals surface area contributed by atoms with E-state index < -0.39 is 0 Å². The van der Waals surface area contributed by atoms with Crippen LogP contribution in [0.25, 0.3) is 0 Å². The maximum absolute atomic E-state index is 8.35. The smallest absolute Gasteiger partial charge is 0.0635 e. The van der Waals surface area contributed by atoms with Crippen molar-refractivity contribution in [1.82, 2.24) is 10.3 Å². The topological polar surface area (TPSA) is 48.7 Å². The van der Waals surface area contributed by atoms with Crippen molar-refractivity contribution in [3.63, 3.8) is 0 Å². The van der Waals surface area contributed by atoms with Crippen LogP contribution in [0.4, 0.5) is 0 Å². The molecule has 1 aromatic rings. The van der Waals surface area contributed by atoms with Crippen molar-refractivity contribution in [2.45, 2.75) is 19.4 Å². The molecule has 0 aliphatic heterocycles. The number of nitrogens with zero attached hydrogens (tertiary/aromatic N) is 2. The SMILES string of the molecule is C[C@@H](NCCC#N)c1ccncc1. The molecule has 1 atom stereocenters. The Hall–Kier alpha value is -1.40. The molecule has 1 aromatic heterocycles. The highest BCUT2D eigenvalue weighted by molar-refractivity contribution is 5.13. The Morgan fingerprint density at radius 3 is 2.85 bits per heavy atom. The molecule has 0 fully saturated rings. The molecule has 13 heavy (non-hydrogen) atoms. The maximum Gasteiger partial charge on any atom is 0.0635 e.